The smallest absolute Gasteiger partial charge is 0.362 e. The summed E-state index contributed by atoms with van der Waals surface area (Å²) in [6.07, 6.45) is 0. The summed E-state index contributed by atoms with van der Waals surface area (Å²) in [5.41, 5.74) is 1.74. The number of carbonyl (C=O) groups excluding carboxylic acids is 2. The number of rotatable bonds is 3. The molecule has 0 aliphatic carbocycles. The maximum Gasteiger partial charge on any atom is 0.362 e. The van der Waals surface area contributed by atoms with Crippen LogP contribution in [0.3, 0.4) is 0 Å². The van der Waals surface area contributed by atoms with Crippen LogP contribution in [0.15, 0.2) is 29.4 Å². The van der Waals surface area contributed by atoms with E-state index < -0.39 is 5.97 Å². The van der Waals surface area contributed by atoms with Crippen LogP contribution in [0.5, 0.6) is 0 Å². The van der Waals surface area contributed by atoms with Crippen LogP contribution in [-0.2, 0) is 14.3 Å². The molecule has 0 atom stereocenters. The highest BCUT2D eigenvalue weighted by Gasteiger charge is 2.31. The van der Waals surface area contributed by atoms with Gasteiger partial charge in [-0.15, -0.1) is 0 Å². The van der Waals surface area contributed by atoms with E-state index in [-0.39, 0.29) is 24.6 Å². The van der Waals surface area contributed by atoms with Crippen LogP contribution in [0.2, 0.25) is 0 Å². The molecule has 1 aromatic carbocycles. The van der Waals surface area contributed by atoms with Crippen molar-refractivity contribution in [3.8, 4) is 0 Å². The number of hydrogen-bond donors (Lipinski definition) is 0. The normalized spacial score (nSPS) is 14.7. The molecule has 5 heteroatoms. The highest BCUT2D eigenvalue weighted by Crippen LogP contribution is 2.19. The van der Waals surface area contributed by atoms with E-state index in [0.29, 0.717) is 0 Å². The highest BCUT2D eigenvalue weighted by molar-refractivity contribution is 6.66. The minimum absolute atomic E-state index is 0.0810. The fourth-order valence-electron chi connectivity index (χ4n) is 1.71. The van der Waals surface area contributed by atoms with Gasteiger partial charge in [0, 0.05) is 0 Å². The number of benzene rings is 1. The first kappa shape index (κ1) is 12.3. The van der Waals surface area contributed by atoms with Gasteiger partial charge in [-0.2, -0.15) is 5.10 Å². The molecule has 1 aliphatic heterocycles. The lowest BCUT2D eigenvalue weighted by molar-refractivity contribution is -0.135. The maximum atomic E-state index is 11.7. The van der Waals surface area contributed by atoms with E-state index >= 15 is 0 Å². The standard InChI is InChI=1S/C13H14N2O3/c1-3-18-13(17)12-11(16)8-15(14-12)10-6-4-5-9(2)7-10/h4-7H,3,8H2,1-2H3. The van der Waals surface area contributed by atoms with Crippen LogP contribution in [0.25, 0.3) is 0 Å². The molecule has 94 valence electrons. The number of anilines is 1. The average molecular weight is 246 g/mol. The molecule has 0 saturated heterocycles. The largest absolute Gasteiger partial charge is 0.461 e. The van der Waals surface area contributed by atoms with Crippen molar-refractivity contribution < 1.29 is 14.3 Å². The number of aryl methyl sites for hydroxylation is 1. The van der Waals surface area contributed by atoms with E-state index in [1.165, 1.54) is 5.01 Å². The molecule has 5 nitrogen and oxygen atoms in total. The van der Waals surface area contributed by atoms with Crippen LogP contribution in [0.1, 0.15) is 12.5 Å². The van der Waals surface area contributed by atoms with Crippen molar-refractivity contribution in [1.29, 1.82) is 0 Å². The Morgan fingerprint density at radius 3 is 2.94 bits per heavy atom. The molecule has 1 aliphatic rings. The predicted molar refractivity (Wildman–Crippen MR) is 67.6 cm³/mol. The Hall–Kier alpha value is -2.17. The lowest BCUT2D eigenvalue weighted by Gasteiger charge is -2.12. The van der Waals surface area contributed by atoms with E-state index in [1.54, 1.807) is 6.92 Å². The van der Waals surface area contributed by atoms with Gasteiger partial charge in [-0.3, -0.25) is 9.80 Å². The number of ketones is 1. The lowest BCUT2D eigenvalue weighted by atomic mass is 10.2. The van der Waals surface area contributed by atoms with Crippen molar-refractivity contribution in [2.75, 3.05) is 18.2 Å². The highest BCUT2D eigenvalue weighted by atomic mass is 16.5. The van der Waals surface area contributed by atoms with Gasteiger partial charge < -0.3 is 4.74 Å². The third-order valence-electron chi connectivity index (χ3n) is 2.55. The first-order valence-electron chi connectivity index (χ1n) is 5.75. The van der Waals surface area contributed by atoms with Crippen molar-refractivity contribution in [3.63, 3.8) is 0 Å². The SMILES string of the molecule is CCOC(=O)C1=NN(c2cccc(C)c2)CC1=O. The summed E-state index contributed by atoms with van der Waals surface area (Å²) in [5.74, 6) is -0.965. The van der Waals surface area contributed by atoms with E-state index in [4.69, 9.17) is 4.74 Å². The molecule has 0 unspecified atom stereocenters. The van der Waals surface area contributed by atoms with Crippen LogP contribution >= 0.6 is 0 Å². The van der Waals surface area contributed by atoms with Gasteiger partial charge in [0.05, 0.1) is 12.3 Å². The van der Waals surface area contributed by atoms with Gasteiger partial charge in [0.25, 0.3) is 0 Å². The van der Waals surface area contributed by atoms with E-state index in [9.17, 15) is 9.59 Å². The van der Waals surface area contributed by atoms with Crippen molar-refractivity contribution in [3.05, 3.63) is 29.8 Å². The summed E-state index contributed by atoms with van der Waals surface area (Å²) in [4.78, 5) is 23.2. The Balaban J connectivity index is 2.23. The molecule has 0 N–H and O–H groups in total. The van der Waals surface area contributed by atoms with Crippen molar-refractivity contribution in [2.45, 2.75) is 13.8 Å². The molecule has 0 spiro atoms. The second-order valence-electron chi connectivity index (χ2n) is 3.99. The lowest BCUT2D eigenvalue weighted by Crippen LogP contribution is -2.25. The minimum Gasteiger partial charge on any atom is -0.461 e. The molecule has 0 saturated carbocycles. The second kappa shape index (κ2) is 5.00. The number of hydrazone groups is 1. The third-order valence-corrected chi connectivity index (χ3v) is 2.55. The molecule has 0 fully saturated rings. The Morgan fingerprint density at radius 1 is 1.50 bits per heavy atom. The predicted octanol–water partition coefficient (Wildman–Crippen LogP) is 1.30. The summed E-state index contributed by atoms with van der Waals surface area (Å²) in [7, 11) is 0. The van der Waals surface area contributed by atoms with Crippen LogP contribution in [0.4, 0.5) is 5.69 Å². The summed E-state index contributed by atoms with van der Waals surface area (Å²) >= 11 is 0. The van der Waals surface area contributed by atoms with Crippen LogP contribution in [-0.4, -0.2) is 30.6 Å². The first-order chi connectivity index (χ1) is 8.61. The molecule has 1 aromatic rings. The number of Topliss-reactive ketones (excluding diaryl/α,β-unsaturated/α-hetero) is 1. The third kappa shape index (κ3) is 2.40. The van der Waals surface area contributed by atoms with Gasteiger partial charge in [-0.1, -0.05) is 12.1 Å². The van der Waals surface area contributed by atoms with Gasteiger partial charge in [0.2, 0.25) is 11.5 Å². The maximum absolute atomic E-state index is 11.7. The van der Waals surface area contributed by atoms with Gasteiger partial charge in [-0.05, 0) is 31.5 Å². The quantitative estimate of drug-likeness (QED) is 0.754. The summed E-state index contributed by atoms with van der Waals surface area (Å²) in [6, 6.07) is 7.59. The Labute approximate surface area is 105 Å². The zero-order chi connectivity index (χ0) is 13.1. The van der Waals surface area contributed by atoms with Crippen molar-refractivity contribution in [2.24, 2.45) is 5.10 Å². The van der Waals surface area contributed by atoms with E-state index in [2.05, 4.69) is 5.10 Å². The minimum atomic E-state index is -0.655. The molecule has 1 heterocycles. The number of carbonyl (C=O) groups is 2. The van der Waals surface area contributed by atoms with Crippen LogP contribution in [0, 0.1) is 6.92 Å². The van der Waals surface area contributed by atoms with Gasteiger partial charge in [0.15, 0.2) is 0 Å². The van der Waals surface area contributed by atoms with E-state index in [1.807, 2.05) is 31.2 Å². The van der Waals surface area contributed by atoms with Crippen molar-refractivity contribution in [1.82, 2.24) is 0 Å². The molecule has 18 heavy (non-hydrogen) atoms. The molecule has 0 bridgehead atoms. The Bertz CT molecular complexity index is 523. The molecule has 0 amide bonds. The number of esters is 1. The van der Waals surface area contributed by atoms with Crippen molar-refractivity contribution >= 4 is 23.2 Å². The second-order valence-corrected chi connectivity index (χ2v) is 3.99. The Kier molecular flexibility index (Phi) is 3.41. The van der Waals surface area contributed by atoms with Crippen LogP contribution < -0.4 is 5.01 Å². The van der Waals surface area contributed by atoms with Gasteiger partial charge in [-0.25, -0.2) is 4.79 Å². The fraction of sp³-hybridized carbons (Fsp3) is 0.308. The zero-order valence-electron chi connectivity index (χ0n) is 10.3. The number of nitrogens with zero attached hydrogens (tertiary/aromatic N) is 2. The monoisotopic (exact) mass is 246 g/mol. The van der Waals surface area contributed by atoms with E-state index in [0.717, 1.165) is 11.3 Å². The fourth-order valence-corrected chi connectivity index (χ4v) is 1.71. The summed E-state index contributed by atoms with van der Waals surface area (Å²) in [6.45, 7) is 3.96. The molecule has 2 rings (SSSR count). The van der Waals surface area contributed by atoms with Gasteiger partial charge >= 0.3 is 5.97 Å². The summed E-state index contributed by atoms with van der Waals surface area (Å²) in [5, 5.41) is 5.54. The topological polar surface area (TPSA) is 59.0 Å². The zero-order valence-corrected chi connectivity index (χ0v) is 10.3. The molecule has 0 radical (unpaired) electrons. The number of hydrogen-bond acceptors (Lipinski definition) is 5. The Morgan fingerprint density at radius 2 is 2.28 bits per heavy atom. The molecular weight excluding hydrogens is 232 g/mol. The first-order valence-corrected chi connectivity index (χ1v) is 5.75. The average Bonchev–Trinajstić information content (AvgIpc) is 2.72. The van der Waals surface area contributed by atoms with Gasteiger partial charge in [0.1, 0.15) is 6.54 Å². The number of ether oxygens (including phenoxy) is 1. The summed E-state index contributed by atoms with van der Waals surface area (Å²) < 4.78 is 4.79. The molecule has 0 aromatic heterocycles. The molecular formula is C13H14N2O3.